The van der Waals surface area contributed by atoms with Crippen LogP contribution in [0.1, 0.15) is 37.7 Å². The van der Waals surface area contributed by atoms with Gasteiger partial charge in [-0.1, -0.05) is 28.8 Å². The number of hydrogen-bond acceptors (Lipinski definition) is 2. The van der Waals surface area contributed by atoms with Crippen LogP contribution in [-0.4, -0.2) is 36.3 Å². The number of amides is 2. The Morgan fingerprint density at radius 1 is 1.17 bits per heavy atom. The van der Waals surface area contributed by atoms with Crippen LogP contribution in [0.5, 0.6) is 0 Å². The van der Waals surface area contributed by atoms with Crippen molar-refractivity contribution in [1.29, 1.82) is 0 Å². The number of carbonyl (C=O) groups excluding carboxylic acids is 2. The molecule has 0 saturated carbocycles. The standard InChI is InChI=1S/C18H23BrN2O2/c1-13-10-15(6-7-16(13)19)21-12-14(11-17(21)22)18(23)20-8-4-2-3-5-9-20/h6-7,10,14H,2-5,8-9,11-12H2,1H3. The van der Waals surface area contributed by atoms with E-state index in [1.165, 1.54) is 12.8 Å². The molecule has 124 valence electrons. The molecule has 0 bridgehead atoms. The Balaban J connectivity index is 1.71. The van der Waals surface area contributed by atoms with Crippen LogP contribution in [0.15, 0.2) is 22.7 Å². The minimum absolute atomic E-state index is 0.0555. The molecule has 5 heteroatoms. The smallest absolute Gasteiger partial charge is 0.228 e. The van der Waals surface area contributed by atoms with Crippen LogP contribution in [-0.2, 0) is 9.59 Å². The predicted octanol–water partition coefficient (Wildman–Crippen LogP) is 3.51. The number of halogens is 1. The molecule has 0 aliphatic carbocycles. The van der Waals surface area contributed by atoms with Gasteiger partial charge < -0.3 is 9.80 Å². The fourth-order valence-electron chi connectivity index (χ4n) is 3.47. The SMILES string of the molecule is Cc1cc(N2CC(C(=O)N3CCCCCC3)CC2=O)ccc1Br. The number of hydrogen-bond donors (Lipinski definition) is 0. The summed E-state index contributed by atoms with van der Waals surface area (Å²) in [5.74, 6) is 0.0287. The highest BCUT2D eigenvalue weighted by molar-refractivity contribution is 9.10. The highest BCUT2D eigenvalue weighted by Crippen LogP contribution is 2.29. The molecule has 1 atom stereocenters. The maximum absolute atomic E-state index is 12.7. The van der Waals surface area contributed by atoms with Crippen molar-refractivity contribution in [3.63, 3.8) is 0 Å². The van der Waals surface area contributed by atoms with E-state index in [0.717, 1.165) is 41.7 Å². The average molecular weight is 379 g/mol. The van der Waals surface area contributed by atoms with Crippen LogP contribution < -0.4 is 4.90 Å². The molecule has 0 spiro atoms. The van der Waals surface area contributed by atoms with Crippen LogP contribution >= 0.6 is 15.9 Å². The molecule has 2 aliphatic heterocycles. The van der Waals surface area contributed by atoms with E-state index in [-0.39, 0.29) is 17.7 Å². The van der Waals surface area contributed by atoms with Crippen molar-refractivity contribution in [3.05, 3.63) is 28.2 Å². The van der Waals surface area contributed by atoms with Crippen molar-refractivity contribution >= 4 is 33.4 Å². The molecule has 23 heavy (non-hydrogen) atoms. The summed E-state index contributed by atoms with van der Waals surface area (Å²) in [7, 11) is 0. The van der Waals surface area contributed by atoms with Gasteiger partial charge in [-0.2, -0.15) is 0 Å². The first-order valence-electron chi connectivity index (χ1n) is 8.41. The summed E-state index contributed by atoms with van der Waals surface area (Å²) >= 11 is 3.48. The van der Waals surface area contributed by atoms with Crippen molar-refractivity contribution in [2.24, 2.45) is 5.92 Å². The molecule has 2 aliphatic rings. The van der Waals surface area contributed by atoms with Gasteiger partial charge in [-0.25, -0.2) is 0 Å². The third-order valence-corrected chi connectivity index (χ3v) is 5.73. The molecule has 0 radical (unpaired) electrons. The second kappa shape index (κ2) is 7.04. The molecule has 2 heterocycles. The van der Waals surface area contributed by atoms with E-state index in [9.17, 15) is 9.59 Å². The zero-order valence-corrected chi connectivity index (χ0v) is 15.1. The van der Waals surface area contributed by atoms with E-state index >= 15 is 0 Å². The molecular weight excluding hydrogens is 356 g/mol. The average Bonchev–Trinajstić information content (AvgIpc) is 2.75. The van der Waals surface area contributed by atoms with Gasteiger partial charge >= 0.3 is 0 Å². The molecule has 2 amide bonds. The predicted molar refractivity (Wildman–Crippen MR) is 94.4 cm³/mol. The van der Waals surface area contributed by atoms with Gasteiger partial charge in [0.15, 0.2) is 0 Å². The van der Waals surface area contributed by atoms with Crippen LogP contribution in [0.4, 0.5) is 5.69 Å². The Morgan fingerprint density at radius 2 is 1.87 bits per heavy atom. The summed E-state index contributed by atoms with van der Waals surface area (Å²) in [6, 6.07) is 5.90. The Hall–Kier alpha value is -1.36. The van der Waals surface area contributed by atoms with Crippen molar-refractivity contribution in [2.75, 3.05) is 24.5 Å². The minimum Gasteiger partial charge on any atom is -0.342 e. The van der Waals surface area contributed by atoms with Gasteiger partial charge in [0.1, 0.15) is 0 Å². The molecule has 2 saturated heterocycles. The Bertz CT molecular complexity index is 609. The van der Waals surface area contributed by atoms with Gasteiger partial charge in [-0.05, 0) is 43.5 Å². The third-order valence-electron chi connectivity index (χ3n) is 4.85. The zero-order valence-electron chi connectivity index (χ0n) is 13.6. The van der Waals surface area contributed by atoms with E-state index in [2.05, 4.69) is 15.9 Å². The summed E-state index contributed by atoms with van der Waals surface area (Å²) in [4.78, 5) is 28.9. The fraction of sp³-hybridized carbons (Fsp3) is 0.556. The summed E-state index contributed by atoms with van der Waals surface area (Å²) in [6.07, 6.45) is 4.92. The van der Waals surface area contributed by atoms with Crippen LogP contribution in [0.2, 0.25) is 0 Å². The Labute approximate surface area is 146 Å². The van der Waals surface area contributed by atoms with Gasteiger partial charge in [0, 0.05) is 36.2 Å². The summed E-state index contributed by atoms with van der Waals surface area (Å²) in [5.41, 5.74) is 1.99. The largest absolute Gasteiger partial charge is 0.342 e. The number of anilines is 1. The van der Waals surface area contributed by atoms with E-state index in [1.807, 2.05) is 30.0 Å². The van der Waals surface area contributed by atoms with E-state index < -0.39 is 0 Å². The fourth-order valence-corrected chi connectivity index (χ4v) is 3.72. The van der Waals surface area contributed by atoms with Gasteiger partial charge in [-0.15, -0.1) is 0 Å². The van der Waals surface area contributed by atoms with Gasteiger partial charge in [0.2, 0.25) is 11.8 Å². The number of rotatable bonds is 2. The van der Waals surface area contributed by atoms with Crippen LogP contribution in [0, 0.1) is 12.8 Å². The van der Waals surface area contributed by atoms with Crippen LogP contribution in [0.3, 0.4) is 0 Å². The Kier molecular flexibility index (Phi) is 5.05. The monoisotopic (exact) mass is 378 g/mol. The van der Waals surface area contributed by atoms with E-state index in [1.54, 1.807) is 4.90 Å². The van der Waals surface area contributed by atoms with Gasteiger partial charge in [0.05, 0.1) is 5.92 Å². The normalized spacial score (nSPS) is 22.3. The van der Waals surface area contributed by atoms with E-state index in [4.69, 9.17) is 0 Å². The lowest BCUT2D eigenvalue weighted by Gasteiger charge is -2.24. The quantitative estimate of drug-likeness (QED) is 0.789. The first-order chi connectivity index (χ1) is 11.1. The van der Waals surface area contributed by atoms with E-state index in [0.29, 0.717) is 13.0 Å². The van der Waals surface area contributed by atoms with Crippen molar-refractivity contribution < 1.29 is 9.59 Å². The summed E-state index contributed by atoms with van der Waals surface area (Å²) in [5, 5.41) is 0. The molecule has 3 rings (SSSR count). The Morgan fingerprint density at radius 3 is 2.52 bits per heavy atom. The van der Waals surface area contributed by atoms with Gasteiger partial charge in [-0.3, -0.25) is 9.59 Å². The van der Waals surface area contributed by atoms with Crippen molar-refractivity contribution in [2.45, 2.75) is 39.0 Å². The lowest BCUT2D eigenvalue weighted by molar-refractivity contribution is -0.135. The second-order valence-electron chi connectivity index (χ2n) is 6.58. The number of carbonyl (C=O) groups is 2. The van der Waals surface area contributed by atoms with Crippen LogP contribution in [0.25, 0.3) is 0 Å². The highest BCUT2D eigenvalue weighted by Gasteiger charge is 2.37. The lowest BCUT2D eigenvalue weighted by atomic mass is 10.1. The topological polar surface area (TPSA) is 40.6 Å². The molecule has 2 fully saturated rings. The molecule has 1 unspecified atom stereocenters. The molecule has 1 aromatic rings. The second-order valence-corrected chi connectivity index (χ2v) is 7.43. The summed E-state index contributed by atoms with van der Waals surface area (Å²) in [6.45, 7) is 4.21. The molecule has 0 N–H and O–H groups in total. The first kappa shape index (κ1) is 16.5. The number of likely N-dealkylation sites (tertiary alicyclic amines) is 1. The van der Waals surface area contributed by atoms with Gasteiger partial charge in [0.25, 0.3) is 0 Å². The molecule has 0 aromatic heterocycles. The molecule has 1 aromatic carbocycles. The number of nitrogens with zero attached hydrogens (tertiary/aromatic N) is 2. The lowest BCUT2D eigenvalue weighted by Crippen LogP contribution is -2.38. The van der Waals surface area contributed by atoms with Crippen molar-refractivity contribution in [1.82, 2.24) is 4.90 Å². The zero-order chi connectivity index (χ0) is 16.4. The minimum atomic E-state index is -0.190. The summed E-state index contributed by atoms with van der Waals surface area (Å²) < 4.78 is 1.03. The highest BCUT2D eigenvalue weighted by atomic mass is 79.9. The van der Waals surface area contributed by atoms with Crippen molar-refractivity contribution in [3.8, 4) is 0 Å². The number of benzene rings is 1. The molecular formula is C18H23BrN2O2. The molecule has 4 nitrogen and oxygen atoms in total. The third kappa shape index (κ3) is 3.60. The maximum Gasteiger partial charge on any atom is 0.228 e. The maximum atomic E-state index is 12.7. The first-order valence-corrected chi connectivity index (χ1v) is 9.21. The number of aryl methyl sites for hydroxylation is 1.